The van der Waals surface area contributed by atoms with E-state index in [1.165, 1.54) is 0 Å². The van der Waals surface area contributed by atoms with Crippen molar-refractivity contribution in [1.29, 1.82) is 0 Å². The highest BCUT2D eigenvalue weighted by Crippen LogP contribution is 2.06. The molecule has 2 heterocycles. The summed E-state index contributed by atoms with van der Waals surface area (Å²) in [4.78, 5) is 15.6. The molecule has 2 unspecified atom stereocenters. The van der Waals surface area contributed by atoms with Crippen LogP contribution in [0.3, 0.4) is 0 Å². The Kier molecular flexibility index (Phi) is 2.91. The first kappa shape index (κ1) is 10.0. The number of rotatable bonds is 2. The van der Waals surface area contributed by atoms with Crippen LogP contribution in [0.4, 0.5) is 5.69 Å². The third-order valence-electron chi connectivity index (χ3n) is 2.18. The summed E-state index contributed by atoms with van der Waals surface area (Å²) in [5.41, 5.74) is 11.9. The summed E-state index contributed by atoms with van der Waals surface area (Å²) in [5.74, 6) is -0.108. The van der Waals surface area contributed by atoms with Gasteiger partial charge in [-0.05, 0) is 12.1 Å². The topological polar surface area (TPSA) is 92.1 Å². The molecule has 1 aliphatic rings. The Labute approximate surface area is 87.2 Å². The maximum Gasteiger partial charge on any atom is 0.243 e. The Morgan fingerprint density at radius 2 is 2.47 bits per heavy atom. The lowest BCUT2D eigenvalue weighted by Gasteiger charge is -2.09. The van der Waals surface area contributed by atoms with Gasteiger partial charge in [-0.3, -0.25) is 9.78 Å². The Morgan fingerprint density at radius 1 is 1.60 bits per heavy atom. The minimum atomic E-state index is -0.291. The second-order valence-electron chi connectivity index (χ2n) is 3.41. The summed E-state index contributed by atoms with van der Waals surface area (Å²) in [6.07, 6.45) is 3.66. The molecule has 1 aliphatic heterocycles. The van der Waals surface area contributed by atoms with E-state index in [2.05, 4.69) is 21.2 Å². The van der Waals surface area contributed by atoms with Crippen molar-refractivity contribution < 1.29 is 4.79 Å². The lowest BCUT2D eigenvalue weighted by molar-refractivity contribution is -0.117. The zero-order valence-electron chi connectivity index (χ0n) is 8.10. The molecule has 2 rings (SSSR count). The van der Waals surface area contributed by atoms with E-state index in [-0.39, 0.29) is 18.1 Å². The standard InChI is InChI=1S/C9H13N5O/c10-8-4-7(13-14-8)9(15)12-6-2-1-3-11-5-6/h1-3,5,7-8,13-14H,4,10H2,(H,12,15). The van der Waals surface area contributed by atoms with Gasteiger partial charge in [-0.1, -0.05) is 0 Å². The third-order valence-corrected chi connectivity index (χ3v) is 2.18. The van der Waals surface area contributed by atoms with Crippen LogP contribution in [-0.4, -0.2) is 23.1 Å². The number of carbonyl (C=O) groups excluding carboxylic acids is 1. The van der Waals surface area contributed by atoms with Gasteiger partial charge in [0.25, 0.3) is 0 Å². The molecule has 2 atom stereocenters. The van der Waals surface area contributed by atoms with Crippen LogP contribution in [0.15, 0.2) is 24.5 Å². The zero-order chi connectivity index (χ0) is 10.7. The summed E-state index contributed by atoms with van der Waals surface area (Å²) < 4.78 is 0. The van der Waals surface area contributed by atoms with Crippen molar-refractivity contribution in [3.63, 3.8) is 0 Å². The molecule has 1 fully saturated rings. The molecular weight excluding hydrogens is 194 g/mol. The van der Waals surface area contributed by atoms with E-state index in [9.17, 15) is 4.79 Å². The average Bonchev–Trinajstić information content (AvgIpc) is 2.66. The number of nitrogens with two attached hydrogens (primary N) is 1. The van der Waals surface area contributed by atoms with Crippen LogP contribution >= 0.6 is 0 Å². The van der Waals surface area contributed by atoms with Gasteiger partial charge in [0.1, 0.15) is 6.04 Å². The molecule has 0 bridgehead atoms. The van der Waals surface area contributed by atoms with Crippen molar-refractivity contribution in [2.75, 3.05) is 5.32 Å². The molecule has 0 aromatic carbocycles. The van der Waals surface area contributed by atoms with Gasteiger partial charge < -0.3 is 11.1 Å². The first-order valence-corrected chi connectivity index (χ1v) is 4.73. The SMILES string of the molecule is NC1CC(C(=O)Nc2cccnc2)NN1. The number of carbonyl (C=O) groups is 1. The van der Waals surface area contributed by atoms with Gasteiger partial charge in [0, 0.05) is 12.6 Å². The largest absolute Gasteiger partial charge is 0.323 e. The van der Waals surface area contributed by atoms with E-state index in [0.29, 0.717) is 12.1 Å². The average molecular weight is 207 g/mol. The molecule has 1 aromatic rings. The van der Waals surface area contributed by atoms with Gasteiger partial charge in [-0.2, -0.15) is 0 Å². The van der Waals surface area contributed by atoms with Crippen LogP contribution in [-0.2, 0) is 4.79 Å². The van der Waals surface area contributed by atoms with Gasteiger partial charge in [-0.15, -0.1) is 0 Å². The second-order valence-corrected chi connectivity index (χ2v) is 3.41. The number of pyridine rings is 1. The fourth-order valence-corrected chi connectivity index (χ4v) is 1.42. The first-order valence-electron chi connectivity index (χ1n) is 4.73. The highest BCUT2D eigenvalue weighted by molar-refractivity contribution is 5.94. The molecule has 6 heteroatoms. The third kappa shape index (κ3) is 2.50. The van der Waals surface area contributed by atoms with E-state index in [1.54, 1.807) is 24.5 Å². The molecule has 6 nitrogen and oxygen atoms in total. The molecule has 1 aromatic heterocycles. The predicted octanol–water partition coefficient (Wildman–Crippen LogP) is -0.829. The molecule has 80 valence electrons. The molecule has 0 aliphatic carbocycles. The smallest absolute Gasteiger partial charge is 0.243 e. The summed E-state index contributed by atoms with van der Waals surface area (Å²) in [5, 5.41) is 2.74. The van der Waals surface area contributed by atoms with Crippen molar-refractivity contribution in [2.45, 2.75) is 18.6 Å². The van der Waals surface area contributed by atoms with Crippen LogP contribution in [0.2, 0.25) is 0 Å². The molecule has 15 heavy (non-hydrogen) atoms. The Hall–Kier alpha value is -1.50. The zero-order valence-corrected chi connectivity index (χ0v) is 8.10. The number of nitrogens with zero attached hydrogens (tertiary/aromatic N) is 1. The van der Waals surface area contributed by atoms with E-state index in [1.807, 2.05) is 0 Å². The lowest BCUT2D eigenvalue weighted by atomic mass is 10.2. The molecule has 1 amide bonds. The number of amides is 1. The molecule has 1 saturated heterocycles. The predicted molar refractivity (Wildman–Crippen MR) is 55.5 cm³/mol. The fourth-order valence-electron chi connectivity index (χ4n) is 1.42. The maximum absolute atomic E-state index is 11.7. The van der Waals surface area contributed by atoms with E-state index in [4.69, 9.17) is 5.73 Å². The number of hydrogen-bond acceptors (Lipinski definition) is 5. The van der Waals surface area contributed by atoms with Crippen LogP contribution < -0.4 is 21.9 Å². The molecular formula is C9H13N5O. The van der Waals surface area contributed by atoms with Crippen LogP contribution in [0, 0.1) is 0 Å². The monoisotopic (exact) mass is 207 g/mol. The lowest BCUT2D eigenvalue weighted by Crippen LogP contribution is -2.41. The molecule has 0 radical (unpaired) electrons. The first-order chi connectivity index (χ1) is 7.25. The summed E-state index contributed by atoms with van der Waals surface area (Å²) >= 11 is 0. The number of nitrogens with one attached hydrogen (secondary N) is 3. The Morgan fingerprint density at radius 3 is 3.07 bits per heavy atom. The minimum absolute atomic E-state index is 0.108. The normalized spacial score (nSPS) is 25.1. The van der Waals surface area contributed by atoms with Crippen LogP contribution in [0.25, 0.3) is 0 Å². The van der Waals surface area contributed by atoms with Gasteiger partial charge >= 0.3 is 0 Å². The van der Waals surface area contributed by atoms with Crippen molar-refractivity contribution in [3.05, 3.63) is 24.5 Å². The Bertz CT molecular complexity index is 342. The van der Waals surface area contributed by atoms with Gasteiger partial charge in [0.2, 0.25) is 5.91 Å². The van der Waals surface area contributed by atoms with Gasteiger partial charge in [0.05, 0.1) is 18.1 Å². The number of anilines is 1. The van der Waals surface area contributed by atoms with Crippen molar-refractivity contribution in [1.82, 2.24) is 15.8 Å². The van der Waals surface area contributed by atoms with Gasteiger partial charge in [0.15, 0.2) is 0 Å². The number of aromatic nitrogens is 1. The molecule has 0 saturated carbocycles. The molecule has 0 spiro atoms. The van der Waals surface area contributed by atoms with E-state index < -0.39 is 0 Å². The summed E-state index contributed by atoms with van der Waals surface area (Å²) in [6, 6.07) is 3.26. The Balaban J connectivity index is 1.93. The summed E-state index contributed by atoms with van der Waals surface area (Å²) in [6.45, 7) is 0. The van der Waals surface area contributed by atoms with Crippen LogP contribution in [0.1, 0.15) is 6.42 Å². The van der Waals surface area contributed by atoms with E-state index in [0.717, 1.165) is 0 Å². The number of hydrogen-bond donors (Lipinski definition) is 4. The highest BCUT2D eigenvalue weighted by Gasteiger charge is 2.26. The fraction of sp³-hybridized carbons (Fsp3) is 0.333. The van der Waals surface area contributed by atoms with E-state index >= 15 is 0 Å². The minimum Gasteiger partial charge on any atom is -0.323 e. The molecule has 5 N–H and O–H groups in total. The maximum atomic E-state index is 11.7. The van der Waals surface area contributed by atoms with Crippen molar-refractivity contribution in [2.24, 2.45) is 5.73 Å². The second kappa shape index (κ2) is 4.35. The number of hydrazine groups is 1. The van der Waals surface area contributed by atoms with Crippen molar-refractivity contribution >= 4 is 11.6 Å². The van der Waals surface area contributed by atoms with Crippen molar-refractivity contribution in [3.8, 4) is 0 Å². The van der Waals surface area contributed by atoms with Gasteiger partial charge in [-0.25, -0.2) is 10.9 Å². The van der Waals surface area contributed by atoms with Crippen LogP contribution in [0.5, 0.6) is 0 Å². The summed E-state index contributed by atoms with van der Waals surface area (Å²) in [7, 11) is 0. The highest BCUT2D eigenvalue weighted by atomic mass is 16.2. The quantitative estimate of drug-likeness (QED) is 0.508.